The van der Waals surface area contributed by atoms with Gasteiger partial charge in [0.25, 0.3) is 5.91 Å². The average molecular weight is 399 g/mol. The summed E-state index contributed by atoms with van der Waals surface area (Å²) < 4.78 is 1.61. The van der Waals surface area contributed by atoms with Gasteiger partial charge < -0.3 is 10.6 Å². The molecule has 9 heteroatoms. The van der Waals surface area contributed by atoms with Crippen molar-refractivity contribution in [3.63, 3.8) is 0 Å². The number of hydrogen-bond donors (Lipinski definition) is 2. The van der Waals surface area contributed by atoms with E-state index in [2.05, 4.69) is 26.2 Å². The molecule has 0 saturated heterocycles. The van der Waals surface area contributed by atoms with Gasteiger partial charge in [0.05, 0.1) is 5.69 Å². The normalized spacial score (nSPS) is 10.5. The molecule has 0 saturated carbocycles. The fourth-order valence-corrected chi connectivity index (χ4v) is 2.71. The van der Waals surface area contributed by atoms with Crippen LogP contribution in [0.4, 0.5) is 5.69 Å². The molecule has 2 amide bonds. The first-order valence-corrected chi connectivity index (χ1v) is 9.01. The summed E-state index contributed by atoms with van der Waals surface area (Å²) in [6, 6.07) is 12.0. The van der Waals surface area contributed by atoms with Crippen LogP contribution in [-0.4, -0.2) is 38.6 Å². The van der Waals surface area contributed by atoms with E-state index in [9.17, 15) is 9.59 Å². The van der Waals surface area contributed by atoms with Crippen LogP contribution in [-0.2, 0) is 4.79 Å². The summed E-state index contributed by atoms with van der Waals surface area (Å²) in [6.07, 6.45) is 0.145. The molecule has 3 aromatic rings. The van der Waals surface area contributed by atoms with Crippen LogP contribution in [0.5, 0.6) is 0 Å². The number of aryl methyl sites for hydroxylation is 2. The molecule has 144 valence electrons. The van der Waals surface area contributed by atoms with E-state index in [0.717, 1.165) is 11.3 Å². The van der Waals surface area contributed by atoms with Gasteiger partial charge in [-0.15, -0.1) is 5.10 Å². The van der Waals surface area contributed by atoms with Gasteiger partial charge in [0.15, 0.2) is 5.82 Å². The predicted molar refractivity (Wildman–Crippen MR) is 106 cm³/mol. The number of hydrogen-bond acceptors (Lipinski definition) is 5. The molecular formula is C19H19ClN6O2. The number of nitrogens with one attached hydrogen (secondary N) is 2. The summed E-state index contributed by atoms with van der Waals surface area (Å²) in [5.41, 5.74) is 2.88. The van der Waals surface area contributed by atoms with Crippen LogP contribution in [0.15, 0.2) is 42.5 Å². The van der Waals surface area contributed by atoms with Crippen molar-refractivity contribution >= 4 is 29.1 Å². The molecule has 1 heterocycles. The highest BCUT2D eigenvalue weighted by molar-refractivity contribution is 6.30. The summed E-state index contributed by atoms with van der Waals surface area (Å²) in [6.45, 7) is 3.96. The minimum atomic E-state index is -0.253. The van der Waals surface area contributed by atoms with E-state index in [0.29, 0.717) is 22.1 Å². The third-order valence-corrected chi connectivity index (χ3v) is 4.34. The summed E-state index contributed by atoms with van der Waals surface area (Å²) in [5, 5.41) is 17.6. The first-order valence-electron chi connectivity index (χ1n) is 8.63. The van der Waals surface area contributed by atoms with Crippen molar-refractivity contribution in [1.29, 1.82) is 0 Å². The van der Waals surface area contributed by atoms with Crippen LogP contribution in [0, 0.1) is 13.8 Å². The molecule has 0 fully saturated rings. The van der Waals surface area contributed by atoms with Crippen LogP contribution >= 0.6 is 11.6 Å². The zero-order valence-electron chi connectivity index (χ0n) is 15.4. The number of halogens is 1. The van der Waals surface area contributed by atoms with Crippen molar-refractivity contribution in [2.45, 2.75) is 20.3 Å². The first-order chi connectivity index (χ1) is 13.4. The highest BCUT2D eigenvalue weighted by atomic mass is 35.5. The lowest BCUT2D eigenvalue weighted by molar-refractivity contribution is -0.116. The highest BCUT2D eigenvalue weighted by Crippen LogP contribution is 2.19. The molecule has 3 rings (SSSR count). The van der Waals surface area contributed by atoms with Crippen molar-refractivity contribution in [3.8, 4) is 5.69 Å². The number of rotatable bonds is 6. The lowest BCUT2D eigenvalue weighted by Crippen LogP contribution is -2.27. The molecule has 0 aliphatic rings. The molecule has 0 atom stereocenters. The molecule has 2 aromatic carbocycles. The van der Waals surface area contributed by atoms with E-state index < -0.39 is 0 Å². The number of nitrogens with zero attached hydrogens (tertiary/aromatic N) is 4. The van der Waals surface area contributed by atoms with Gasteiger partial charge >= 0.3 is 0 Å². The van der Waals surface area contributed by atoms with Crippen molar-refractivity contribution in [3.05, 3.63) is 64.4 Å². The van der Waals surface area contributed by atoms with Gasteiger partial charge in [-0.05, 0) is 66.2 Å². The van der Waals surface area contributed by atoms with Gasteiger partial charge in [0.2, 0.25) is 5.91 Å². The van der Waals surface area contributed by atoms with Crippen molar-refractivity contribution in [1.82, 2.24) is 25.5 Å². The second-order valence-electron chi connectivity index (χ2n) is 6.20. The van der Waals surface area contributed by atoms with Crippen molar-refractivity contribution in [2.75, 3.05) is 11.9 Å². The molecule has 2 N–H and O–H groups in total. The van der Waals surface area contributed by atoms with Crippen LogP contribution in [0.1, 0.15) is 28.2 Å². The van der Waals surface area contributed by atoms with Crippen LogP contribution in [0.3, 0.4) is 0 Å². The number of carbonyl (C=O) groups excluding carboxylic acids is 2. The zero-order chi connectivity index (χ0) is 20.1. The van der Waals surface area contributed by atoms with Crippen LogP contribution in [0.25, 0.3) is 5.69 Å². The van der Waals surface area contributed by atoms with E-state index in [1.807, 2.05) is 25.1 Å². The Morgan fingerprint density at radius 1 is 1.11 bits per heavy atom. The zero-order valence-corrected chi connectivity index (χ0v) is 16.2. The second kappa shape index (κ2) is 8.62. The van der Waals surface area contributed by atoms with E-state index in [-0.39, 0.29) is 24.8 Å². The largest absolute Gasteiger partial charge is 0.352 e. The van der Waals surface area contributed by atoms with E-state index in [4.69, 9.17) is 11.6 Å². The van der Waals surface area contributed by atoms with E-state index in [1.54, 1.807) is 35.9 Å². The Kier molecular flexibility index (Phi) is 6.00. The molecule has 0 spiro atoms. The van der Waals surface area contributed by atoms with E-state index >= 15 is 0 Å². The molecule has 28 heavy (non-hydrogen) atoms. The third-order valence-electron chi connectivity index (χ3n) is 4.09. The minimum Gasteiger partial charge on any atom is -0.352 e. The Hall–Kier alpha value is -3.26. The Morgan fingerprint density at radius 3 is 2.54 bits per heavy atom. The standard InChI is InChI=1S/C19H19ClN6O2/c1-12-3-8-16(11-17(12)26-13(2)23-24-25-26)22-18(27)9-10-21-19(28)14-4-6-15(20)7-5-14/h3-8,11H,9-10H2,1-2H3,(H,21,28)(H,22,27). The maximum absolute atomic E-state index is 12.2. The summed E-state index contributed by atoms with van der Waals surface area (Å²) >= 11 is 5.80. The monoisotopic (exact) mass is 398 g/mol. The number of benzene rings is 2. The smallest absolute Gasteiger partial charge is 0.251 e. The number of carbonyl (C=O) groups is 2. The Bertz CT molecular complexity index is 1000. The van der Waals surface area contributed by atoms with Gasteiger partial charge in [-0.2, -0.15) is 4.68 Å². The maximum Gasteiger partial charge on any atom is 0.251 e. The Balaban J connectivity index is 1.56. The summed E-state index contributed by atoms with van der Waals surface area (Å²) in [5.74, 6) is 0.187. The molecule has 8 nitrogen and oxygen atoms in total. The fourth-order valence-electron chi connectivity index (χ4n) is 2.59. The maximum atomic E-state index is 12.2. The average Bonchev–Trinajstić information content (AvgIpc) is 3.09. The number of anilines is 1. The van der Waals surface area contributed by atoms with Crippen molar-refractivity contribution in [2.24, 2.45) is 0 Å². The van der Waals surface area contributed by atoms with Crippen LogP contribution in [0.2, 0.25) is 5.02 Å². The second-order valence-corrected chi connectivity index (χ2v) is 6.64. The highest BCUT2D eigenvalue weighted by Gasteiger charge is 2.10. The minimum absolute atomic E-state index is 0.145. The molecule has 0 aliphatic carbocycles. The fraction of sp³-hybridized carbons (Fsp3) is 0.211. The van der Waals surface area contributed by atoms with Gasteiger partial charge in [0.1, 0.15) is 0 Å². The molecule has 0 unspecified atom stereocenters. The van der Waals surface area contributed by atoms with Gasteiger partial charge in [-0.1, -0.05) is 17.7 Å². The Morgan fingerprint density at radius 2 is 1.86 bits per heavy atom. The molecule has 1 aromatic heterocycles. The molecule has 0 radical (unpaired) electrons. The van der Waals surface area contributed by atoms with Gasteiger partial charge in [-0.3, -0.25) is 9.59 Å². The summed E-state index contributed by atoms with van der Waals surface area (Å²) in [4.78, 5) is 24.2. The number of amides is 2. The van der Waals surface area contributed by atoms with Crippen molar-refractivity contribution < 1.29 is 9.59 Å². The van der Waals surface area contributed by atoms with Crippen LogP contribution < -0.4 is 10.6 Å². The molecule has 0 aliphatic heterocycles. The number of aromatic nitrogens is 4. The SMILES string of the molecule is Cc1ccc(NC(=O)CCNC(=O)c2ccc(Cl)cc2)cc1-n1nnnc1C. The third kappa shape index (κ3) is 4.72. The topological polar surface area (TPSA) is 102 Å². The summed E-state index contributed by atoms with van der Waals surface area (Å²) in [7, 11) is 0. The number of tetrazole rings is 1. The van der Waals surface area contributed by atoms with E-state index in [1.165, 1.54) is 0 Å². The predicted octanol–water partition coefficient (Wildman–Crippen LogP) is 2.69. The molecule has 0 bridgehead atoms. The molecular weight excluding hydrogens is 380 g/mol. The lowest BCUT2D eigenvalue weighted by atomic mass is 10.1. The first kappa shape index (κ1) is 19.5. The van der Waals surface area contributed by atoms with Gasteiger partial charge in [0, 0.05) is 29.2 Å². The Labute approximate surface area is 166 Å². The lowest BCUT2D eigenvalue weighted by Gasteiger charge is -2.11. The van der Waals surface area contributed by atoms with Gasteiger partial charge in [-0.25, -0.2) is 0 Å². The quantitative estimate of drug-likeness (QED) is 0.664.